The number of piperidine rings is 1. The fourth-order valence-electron chi connectivity index (χ4n) is 3.49. The minimum Gasteiger partial charge on any atom is -0.338 e. The van der Waals surface area contributed by atoms with Crippen LogP contribution in [-0.4, -0.2) is 46.0 Å². The maximum Gasteiger partial charge on any atom is 0.258 e. The van der Waals surface area contributed by atoms with Crippen LogP contribution >= 0.6 is 11.8 Å². The number of thioether (sulfide) groups is 1. The molecule has 0 unspecified atom stereocenters. The van der Waals surface area contributed by atoms with E-state index in [4.69, 9.17) is 0 Å². The van der Waals surface area contributed by atoms with E-state index in [1.165, 1.54) is 11.8 Å². The minimum atomic E-state index is -0.0834. The predicted octanol–water partition coefficient (Wildman–Crippen LogP) is 4.12. The van der Waals surface area contributed by atoms with Gasteiger partial charge in [0.15, 0.2) is 0 Å². The molecule has 0 atom stereocenters. The third-order valence-corrected chi connectivity index (χ3v) is 5.87. The van der Waals surface area contributed by atoms with Gasteiger partial charge in [-0.15, -0.1) is 11.8 Å². The lowest BCUT2D eigenvalue weighted by Crippen LogP contribution is -2.42. The van der Waals surface area contributed by atoms with Crippen molar-refractivity contribution in [1.82, 2.24) is 14.9 Å². The van der Waals surface area contributed by atoms with Crippen molar-refractivity contribution in [2.24, 2.45) is 5.92 Å². The van der Waals surface area contributed by atoms with E-state index in [-0.39, 0.29) is 23.7 Å². The van der Waals surface area contributed by atoms with Gasteiger partial charge in [0.05, 0.1) is 11.3 Å². The molecule has 1 aromatic heterocycles. The summed E-state index contributed by atoms with van der Waals surface area (Å²) in [5.74, 6) is 0.875. The lowest BCUT2D eigenvalue weighted by Gasteiger charge is -2.32. The van der Waals surface area contributed by atoms with Crippen molar-refractivity contribution in [2.45, 2.75) is 44.6 Å². The summed E-state index contributed by atoms with van der Waals surface area (Å²) >= 11 is 1.48. The Labute approximate surface area is 176 Å². The Balaban J connectivity index is 1.66. The monoisotopic (exact) mass is 412 g/mol. The van der Waals surface area contributed by atoms with Crippen LogP contribution in [0.5, 0.6) is 0 Å². The van der Waals surface area contributed by atoms with Crippen LogP contribution in [0.25, 0.3) is 0 Å². The summed E-state index contributed by atoms with van der Waals surface area (Å²) in [6.45, 7) is 7.09. The van der Waals surface area contributed by atoms with Crippen molar-refractivity contribution >= 4 is 29.3 Å². The number of aryl methyl sites for hydroxylation is 1. The van der Waals surface area contributed by atoms with Gasteiger partial charge in [-0.05, 0) is 38.2 Å². The number of aromatic nitrogens is 2. The van der Waals surface area contributed by atoms with Crippen LogP contribution in [-0.2, 0) is 4.79 Å². The number of carbonyl (C=O) groups is 2. The van der Waals surface area contributed by atoms with Crippen LogP contribution in [0.1, 0.15) is 54.5 Å². The third kappa shape index (κ3) is 4.96. The number of rotatable bonds is 5. The number of benzene rings is 1. The number of amides is 2. The molecular formula is C22H28N4O2S. The standard InChI is InChI=1S/C22H28N4O2S/c1-14(2)19-23-15(3)18(21(25-19)29-4)22(28)26-12-10-16(11-13-26)20(27)24-17-8-6-5-7-9-17/h5-9,14,16H,10-13H2,1-4H3,(H,24,27). The number of anilines is 1. The summed E-state index contributed by atoms with van der Waals surface area (Å²) in [6.07, 6.45) is 3.24. The molecule has 1 saturated heterocycles. The van der Waals surface area contributed by atoms with Gasteiger partial charge >= 0.3 is 0 Å². The van der Waals surface area contributed by atoms with E-state index in [1.807, 2.05) is 62.3 Å². The molecule has 2 amide bonds. The molecule has 29 heavy (non-hydrogen) atoms. The highest BCUT2D eigenvalue weighted by atomic mass is 32.2. The first-order valence-corrected chi connectivity index (χ1v) is 11.2. The molecule has 7 heteroatoms. The third-order valence-electron chi connectivity index (χ3n) is 5.19. The second-order valence-corrected chi connectivity index (χ2v) is 8.42. The maximum atomic E-state index is 13.2. The summed E-state index contributed by atoms with van der Waals surface area (Å²) in [5.41, 5.74) is 2.12. The zero-order valence-corrected chi connectivity index (χ0v) is 18.3. The molecule has 0 aliphatic carbocycles. The van der Waals surface area contributed by atoms with Crippen molar-refractivity contribution in [1.29, 1.82) is 0 Å². The maximum absolute atomic E-state index is 13.2. The number of hydrogen-bond donors (Lipinski definition) is 1. The molecule has 0 radical (unpaired) electrons. The quantitative estimate of drug-likeness (QED) is 0.591. The molecule has 0 saturated carbocycles. The minimum absolute atomic E-state index is 0.0221. The Morgan fingerprint density at radius 3 is 2.38 bits per heavy atom. The van der Waals surface area contributed by atoms with E-state index in [0.717, 1.165) is 22.2 Å². The average molecular weight is 413 g/mol. The van der Waals surface area contributed by atoms with Crippen molar-refractivity contribution in [2.75, 3.05) is 24.7 Å². The largest absolute Gasteiger partial charge is 0.338 e. The second-order valence-electron chi connectivity index (χ2n) is 7.63. The van der Waals surface area contributed by atoms with Gasteiger partial charge in [-0.2, -0.15) is 0 Å². The molecule has 2 heterocycles. The topological polar surface area (TPSA) is 75.2 Å². The first-order valence-electron chi connectivity index (χ1n) is 9.98. The van der Waals surface area contributed by atoms with E-state index in [1.54, 1.807) is 0 Å². The highest BCUT2D eigenvalue weighted by molar-refractivity contribution is 7.98. The molecule has 154 valence electrons. The summed E-state index contributed by atoms with van der Waals surface area (Å²) in [6, 6.07) is 9.47. The molecule has 2 aromatic rings. The van der Waals surface area contributed by atoms with Crippen LogP contribution < -0.4 is 5.32 Å². The van der Waals surface area contributed by atoms with E-state index >= 15 is 0 Å². The number of likely N-dealkylation sites (tertiary alicyclic amines) is 1. The molecular weight excluding hydrogens is 384 g/mol. The van der Waals surface area contributed by atoms with E-state index in [9.17, 15) is 9.59 Å². The molecule has 6 nitrogen and oxygen atoms in total. The number of hydrogen-bond acceptors (Lipinski definition) is 5. The Morgan fingerprint density at radius 1 is 1.14 bits per heavy atom. The van der Waals surface area contributed by atoms with Crippen molar-refractivity contribution < 1.29 is 9.59 Å². The number of nitrogens with zero attached hydrogens (tertiary/aromatic N) is 3. The predicted molar refractivity (Wildman–Crippen MR) is 116 cm³/mol. The second kappa shape index (κ2) is 9.39. The zero-order chi connectivity index (χ0) is 21.0. The molecule has 0 bridgehead atoms. The van der Waals surface area contributed by atoms with Crippen LogP contribution in [0.3, 0.4) is 0 Å². The van der Waals surface area contributed by atoms with Crippen molar-refractivity contribution in [3.05, 3.63) is 47.4 Å². The number of carbonyl (C=O) groups excluding carboxylic acids is 2. The Hall–Kier alpha value is -2.41. The molecule has 1 aromatic carbocycles. The fourth-order valence-corrected chi connectivity index (χ4v) is 4.11. The van der Waals surface area contributed by atoms with Crippen LogP contribution in [0.2, 0.25) is 0 Å². The molecule has 1 N–H and O–H groups in total. The normalized spacial score (nSPS) is 14.9. The summed E-state index contributed by atoms with van der Waals surface area (Å²) in [7, 11) is 0. The van der Waals surface area contributed by atoms with E-state index < -0.39 is 0 Å². The van der Waals surface area contributed by atoms with Gasteiger partial charge in [0.2, 0.25) is 5.91 Å². The Bertz CT molecular complexity index is 878. The van der Waals surface area contributed by atoms with Gasteiger partial charge in [0, 0.05) is 30.6 Å². The first-order chi connectivity index (χ1) is 13.9. The van der Waals surface area contributed by atoms with Gasteiger partial charge in [0.1, 0.15) is 10.9 Å². The fraction of sp³-hybridized carbons (Fsp3) is 0.455. The number of nitrogens with one attached hydrogen (secondary N) is 1. The lowest BCUT2D eigenvalue weighted by molar-refractivity contribution is -0.121. The average Bonchev–Trinajstić information content (AvgIpc) is 2.73. The Morgan fingerprint density at radius 2 is 1.79 bits per heavy atom. The Kier molecular flexibility index (Phi) is 6.90. The summed E-state index contributed by atoms with van der Waals surface area (Å²) in [4.78, 5) is 36.7. The van der Waals surface area contributed by atoms with Crippen LogP contribution in [0.4, 0.5) is 5.69 Å². The summed E-state index contributed by atoms with van der Waals surface area (Å²) in [5, 5.41) is 3.70. The van der Waals surface area contributed by atoms with E-state index in [0.29, 0.717) is 31.5 Å². The number of para-hydroxylation sites is 1. The van der Waals surface area contributed by atoms with Crippen molar-refractivity contribution in [3.63, 3.8) is 0 Å². The zero-order valence-electron chi connectivity index (χ0n) is 17.4. The van der Waals surface area contributed by atoms with Gasteiger partial charge in [0.25, 0.3) is 5.91 Å². The molecule has 1 aliphatic rings. The van der Waals surface area contributed by atoms with E-state index in [2.05, 4.69) is 15.3 Å². The van der Waals surface area contributed by atoms with Crippen molar-refractivity contribution in [3.8, 4) is 0 Å². The molecule has 1 aliphatic heterocycles. The molecule has 3 rings (SSSR count). The van der Waals surface area contributed by atoms with Gasteiger partial charge in [-0.3, -0.25) is 9.59 Å². The lowest BCUT2D eigenvalue weighted by atomic mass is 9.95. The first kappa shape index (κ1) is 21.3. The smallest absolute Gasteiger partial charge is 0.258 e. The SMILES string of the molecule is CSc1nc(C(C)C)nc(C)c1C(=O)N1CCC(C(=O)Nc2ccccc2)CC1. The highest BCUT2D eigenvalue weighted by Gasteiger charge is 2.30. The van der Waals surface area contributed by atoms with Crippen LogP contribution in [0.15, 0.2) is 35.4 Å². The highest BCUT2D eigenvalue weighted by Crippen LogP contribution is 2.27. The summed E-state index contributed by atoms with van der Waals surface area (Å²) < 4.78 is 0. The molecule has 0 spiro atoms. The van der Waals surface area contributed by atoms with Crippen LogP contribution in [0, 0.1) is 12.8 Å². The van der Waals surface area contributed by atoms with Gasteiger partial charge < -0.3 is 10.2 Å². The van der Waals surface area contributed by atoms with Gasteiger partial charge in [-0.1, -0.05) is 32.0 Å². The molecule has 1 fully saturated rings. The van der Waals surface area contributed by atoms with Gasteiger partial charge in [-0.25, -0.2) is 9.97 Å².